The number of halogens is 1. The molecule has 1 atom stereocenters. The number of amides is 1. The second-order valence-corrected chi connectivity index (χ2v) is 5.73. The highest BCUT2D eigenvalue weighted by Crippen LogP contribution is 2.28. The van der Waals surface area contributed by atoms with Crippen molar-refractivity contribution in [2.45, 2.75) is 6.92 Å². The van der Waals surface area contributed by atoms with E-state index in [2.05, 4.69) is 5.32 Å². The summed E-state index contributed by atoms with van der Waals surface area (Å²) >= 11 is 7.49. The Morgan fingerprint density at radius 1 is 1.60 bits per heavy atom. The van der Waals surface area contributed by atoms with E-state index < -0.39 is 10.8 Å². The Balaban J connectivity index is 2.89. The van der Waals surface area contributed by atoms with Gasteiger partial charge < -0.3 is 11.1 Å². The van der Waals surface area contributed by atoms with Crippen molar-refractivity contribution in [2.75, 3.05) is 24.3 Å². The summed E-state index contributed by atoms with van der Waals surface area (Å²) < 4.78 is 0. The Morgan fingerprint density at radius 3 is 2.80 bits per heavy atom. The molecule has 1 amide bonds. The predicted octanol–water partition coefficient (Wildman–Crippen LogP) is 2.56. The van der Waals surface area contributed by atoms with E-state index in [-0.39, 0.29) is 22.0 Å². The fraction of sp³-hybridized carbons (Fsp3) is 0.417. The van der Waals surface area contributed by atoms with E-state index >= 15 is 0 Å². The second kappa shape index (κ2) is 7.35. The third-order valence-corrected chi connectivity index (χ3v) is 3.85. The number of carbonyl (C=O) groups excluding carboxylic acids is 1. The third-order valence-electron chi connectivity index (χ3n) is 2.63. The number of benzene rings is 1. The minimum absolute atomic E-state index is 0.00140. The molecule has 0 fully saturated rings. The highest BCUT2D eigenvalue weighted by Gasteiger charge is 2.19. The first kappa shape index (κ1) is 16.6. The molecule has 1 aromatic carbocycles. The van der Waals surface area contributed by atoms with Crippen molar-refractivity contribution < 1.29 is 9.72 Å². The van der Waals surface area contributed by atoms with Crippen LogP contribution in [-0.4, -0.2) is 29.4 Å². The largest absolute Gasteiger partial charge is 0.397 e. The molecule has 1 unspecified atom stereocenters. The number of nitrogens with two attached hydrogens (primary N) is 1. The maximum absolute atomic E-state index is 12.0. The molecule has 0 saturated heterocycles. The SMILES string of the molecule is CSCC(C)CNC(=O)c1cc([N+](=O)[O-])cc(Cl)c1N. The first-order valence-corrected chi connectivity index (χ1v) is 7.64. The summed E-state index contributed by atoms with van der Waals surface area (Å²) in [6.45, 7) is 2.47. The van der Waals surface area contributed by atoms with E-state index in [4.69, 9.17) is 17.3 Å². The molecular weight excluding hydrogens is 302 g/mol. The molecular formula is C12H16ClN3O3S. The summed E-state index contributed by atoms with van der Waals surface area (Å²) in [6.07, 6.45) is 1.98. The Labute approximate surface area is 126 Å². The number of hydrogen-bond acceptors (Lipinski definition) is 5. The number of non-ortho nitro benzene ring substituents is 1. The van der Waals surface area contributed by atoms with Crippen molar-refractivity contribution in [3.63, 3.8) is 0 Å². The molecule has 20 heavy (non-hydrogen) atoms. The Bertz CT molecular complexity index is 525. The highest BCUT2D eigenvalue weighted by atomic mass is 35.5. The Hall–Kier alpha value is -1.47. The number of carbonyl (C=O) groups is 1. The molecule has 0 spiro atoms. The molecule has 0 aliphatic rings. The second-order valence-electron chi connectivity index (χ2n) is 4.42. The van der Waals surface area contributed by atoms with Gasteiger partial charge in [-0.05, 0) is 17.9 Å². The van der Waals surface area contributed by atoms with Gasteiger partial charge in [-0.1, -0.05) is 18.5 Å². The van der Waals surface area contributed by atoms with Crippen LogP contribution < -0.4 is 11.1 Å². The summed E-state index contributed by atoms with van der Waals surface area (Å²) in [5.41, 5.74) is 5.52. The summed E-state index contributed by atoms with van der Waals surface area (Å²) in [5, 5.41) is 13.5. The van der Waals surface area contributed by atoms with Gasteiger partial charge in [-0.2, -0.15) is 11.8 Å². The van der Waals surface area contributed by atoms with Crippen LogP contribution in [0.25, 0.3) is 0 Å². The van der Waals surface area contributed by atoms with Crippen LogP contribution in [0.1, 0.15) is 17.3 Å². The van der Waals surface area contributed by atoms with Crippen LogP contribution in [0.5, 0.6) is 0 Å². The van der Waals surface area contributed by atoms with Crippen molar-refractivity contribution in [1.82, 2.24) is 5.32 Å². The van der Waals surface area contributed by atoms with Gasteiger partial charge in [0.2, 0.25) is 0 Å². The molecule has 1 aromatic rings. The minimum Gasteiger partial charge on any atom is -0.397 e. The van der Waals surface area contributed by atoms with Gasteiger partial charge in [0.25, 0.3) is 11.6 Å². The van der Waals surface area contributed by atoms with E-state index in [1.165, 1.54) is 0 Å². The number of thioether (sulfide) groups is 1. The zero-order chi connectivity index (χ0) is 15.3. The zero-order valence-electron chi connectivity index (χ0n) is 11.2. The average molecular weight is 318 g/mol. The maximum Gasteiger partial charge on any atom is 0.271 e. The predicted molar refractivity (Wildman–Crippen MR) is 82.4 cm³/mol. The molecule has 8 heteroatoms. The van der Waals surface area contributed by atoms with E-state index in [1.807, 2.05) is 13.2 Å². The first-order valence-electron chi connectivity index (χ1n) is 5.87. The molecule has 0 saturated carbocycles. The lowest BCUT2D eigenvalue weighted by Crippen LogP contribution is -2.29. The molecule has 1 rings (SSSR count). The minimum atomic E-state index is -0.613. The molecule has 0 bridgehead atoms. The number of nitrogens with one attached hydrogen (secondary N) is 1. The van der Waals surface area contributed by atoms with Crippen LogP contribution in [0.15, 0.2) is 12.1 Å². The maximum atomic E-state index is 12.0. The van der Waals surface area contributed by atoms with E-state index in [0.717, 1.165) is 17.9 Å². The molecule has 0 radical (unpaired) electrons. The number of anilines is 1. The number of nitrogen functional groups attached to an aromatic ring is 1. The Kier molecular flexibility index (Phi) is 6.09. The van der Waals surface area contributed by atoms with Gasteiger partial charge >= 0.3 is 0 Å². The number of nitrogens with zero attached hydrogens (tertiary/aromatic N) is 1. The van der Waals surface area contributed by atoms with Gasteiger partial charge in [-0.15, -0.1) is 0 Å². The fourth-order valence-electron chi connectivity index (χ4n) is 1.60. The van der Waals surface area contributed by atoms with Gasteiger partial charge in [-0.3, -0.25) is 14.9 Å². The van der Waals surface area contributed by atoms with Crippen LogP contribution in [0, 0.1) is 16.0 Å². The molecule has 0 aliphatic heterocycles. The number of hydrogen-bond donors (Lipinski definition) is 2. The van der Waals surface area contributed by atoms with Crippen LogP contribution in [0.3, 0.4) is 0 Å². The molecule has 0 aromatic heterocycles. The van der Waals surface area contributed by atoms with Gasteiger partial charge in [0.1, 0.15) is 0 Å². The highest BCUT2D eigenvalue weighted by molar-refractivity contribution is 7.98. The van der Waals surface area contributed by atoms with Crippen molar-refractivity contribution in [3.05, 3.63) is 32.8 Å². The summed E-state index contributed by atoms with van der Waals surface area (Å²) in [6, 6.07) is 2.26. The van der Waals surface area contributed by atoms with Gasteiger partial charge in [0, 0.05) is 18.7 Å². The molecule has 0 heterocycles. The van der Waals surface area contributed by atoms with Crippen LogP contribution in [0.4, 0.5) is 11.4 Å². The summed E-state index contributed by atoms with van der Waals surface area (Å²) in [7, 11) is 0. The molecule has 110 valence electrons. The molecule has 3 N–H and O–H groups in total. The zero-order valence-corrected chi connectivity index (χ0v) is 12.8. The van der Waals surface area contributed by atoms with Crippen LogP contribution in [0.2, 0.25) is 5.02 Å². The van der Waals surface area contributed by atoms with Crippen molar-refractivity contribution >= 4 is 40.6 Å². The lowest BCUT2D eigenvalue weighted by atomic mass is 10.1. The van der Waals surface area contributed by atoms with Crippen LogP contribution >= 0.6 is 23.4 Å². The lowest BCUT2D eigenvalue weighted by Gasteiger charge is -2.12. The van der Waals surface area contributed by atoms with Gasteiger partial charge in [0.15, 0.2) is 0 Å². The van der Waals surface area contributed by atoms with E-state index in [9.17, 15) is 14.9 Å². The number of nitro groups is 1. The monoisotopic (exact) mass is 317 g/mol. The topological polar surface area (TPSA) is 98.3 Å². The molecule has 0 aliphatic carbocycles. The average Bonchev–Trinajstić information content (AvgIpc) is 2.39. The van der Waals surface area contributed by atoms with Crippen molar-refractivity contribution in [1.29, 1.82) is 0 Å². The van der Waals surface area contributed by atoms with Gasteiger partial charge in [-0.25, -0.2) is 0 Å². The normalized spacial score (nSPS) is 11.9. The summed E-state index contributed by atoms with van der Waals surface area (Å²) in [4.78, 5) is 22.2. The fourth-order valence-corrected chi connectivity index (χ4v) is 2.50. The smallest absolute Gasteiger partial charge is 0.271 e. The number of nitro benzene ring substituents is 1. The Morgan fingerprint density at radius 2 is 2.25 bits per heavy atom. The van der Waals surface area contributed by atoms with Crippen molar-refractivity contribution in [3.8, 4) is 0 Å². The van der Waals surface area contributed by atoms with E-state index in [1.54, 1.807) is 11.8 Å². The van der Waals surface area contributed by atoms with Crippen molar-refractivity contribution in [2.24, 2.45) is 5.92 Å². The first-order chi connectivity index (χ1) is 9.36. The number of rotatable bonds is 6. The van der Waals surface area contributed by atoms with E-state index in [0.29, 0.717) is 12.5 Å². The van der Waals surface area contributed by atoms with Gasteiger partial charge in [0.05, 0.1) is 21.2 Å². The standard InChI is InChI=1S/C12H16ClN3O3S/c1-7(6-20-2)5-15-12(17)9-3-8(16(18)19)4-10(13)11(9)14/h3-4,7H,5-6,14H2,1-2H3,(H,15,17). The quantitative estimate of drug-likeness (QED) is 0.477. The lowest BCUT2D eigenvalue weighted by molar-refractivity contribution is -0.384. The third kappa shape index (κ3) is 4.28. The summed E-state index contributed by atoms with van der Waals surface area (Å²) in [5.74, 6) is 0.747. The van der Waals surface area contributed by atoms with Crippen LogP contribution in [-0.2, 0) is 0 Å². The molecule has 6 nitrogen and oxygen atoms in total.